The Bertz CT molecular complexity index is 866. The van der Waals surface area contributed by atoms with Gasteiger partial charge in [0.1, 0.15) is 12.0 Å². The molecule has 2 heterocycles. The first-order valence-electron chi connectivity index (χ1n) is 6.71. The number of benzene rings is 1. The molecule has 0 aliphatic heterocycles. The molecule has 1 N–H and O–H groups in total. The molecule has 0 saturated heterocycles. The molecule has 2 aromatic heterocycles. The molecule has 0 unspecified atom stereocenters. The fourth-order valence-corrected chi connectivity index (χ4v) is 1.92. The lowest BCUT2D eigenvalue weighted by Crippen LogP contribution is -2.12. The van der Waals surface area contributed by atoms with Gasteiger partial charge in [-0.05, 0) is 31.2 Å². The Labute approximate surface area is 133 Å². The highest BCUT2D eigenvalue weighted by atomic mass is 19.4. The van der Waals surface area contributed by atoms with E-state index in [2.05, 4.69) is 15.5 Å². The predicted octanol–water partition coefficient (Wildman–Crippen LogP) is 3.91. The number of nitrogens with one attached hydrogen (secondary N) is 1. The van der Waals surface area contributed by atoms with Gasteiger partial charge < -0.3 is 14.3 Å². The van der Waals surface area contributed by atoms with E-state index in [9.17, 15) is 18.0 Å². The molecule has 0 fully saturated rings. The molecule has 9 heteroatoms. The van der Waals surface area contributed by atoms with Gasteiger partial charge in [-0.25, -0.2) is 4.98 Å². The third-order valence-corrected chi connectivity index (χ3v) is 3.07. The van der Waals surface area contributed by atoms with Crippen LogP contribution < -0.4 is 5.32 Å². The Kier molecular flexibility index (Phi) is 3.84. The Morgan fingerprint density at radius 2 is 1.92 bits per heavy atom. The Balaban J connectivity index is 1.76. The second kappa shape index (κ2) is 5.84. The van der Waals surface area contributed by atoms with Crippen LogP contribution in [0.15, 0.2) is 45.5 Å². The minimum Gasteiger partial charge on any atom is -0.444 e. The highest BCUT2D eigenvalue weighted by Crippen LogP contribution is 2.30. The van der Waals surface area contributed by atoms with Crippen LogP contribution in [-0.2, 0) is 6.18 Å². The quantitative estimate of drug-likeness (QED) is 0.784. The zero-order valence-corrected chi connectivity index (χ0v) is 12.2. The molecule has 0 spiro atoms. The van der Waals surface area contributed by atoms with Crippen LogP contribution in [0.3, 0.4) is 0 Å². The first-order chi connectivity index (χ1) is 11.3. The number of carbonyl (C=O) groups excluding carboxylic acids is 1. The second-order valence-electron chi connectivity index (χ2n) is 4.89. The summed E-state index contributed by atoms with van der Waals surface area (Å²) in [4.78, 5) is 15.9. The van der Waals surface area contributed by atoms with Crippen molar-refractivity contribution in [2.45, 2.75) is 13.1 Å². The lowest BCUT2D eigenvalue weighted by molar-refractivity contribution is -0.137. The normalized spacial score (nSPS) is 11.5. The molecule has 6 nitrogen and oxygen atoms in total. The zero-order chi connectivity index (χ0) is 17.3. The maximum atomic E-state index is 12.5. The first kappa shape index (κ1) is 15.8. The van der Waals surface area contributed by atoms with Crippen molar-refractivity contribution in [3.63, 3.8) is 0 Å². The van der Waals surface area contributed by atoms with E-state index in [1.54, 1.807) is 6.92 Å². The van der Waals surface area contributed by atoms with Crippen molar-refractivity contribution in [1.29, 1.82) is 0 Å². The number of hydrogen-bond acceptors (Lipinski definition) is 5. The fourth-order valence-electron chi connectivity index (χ4n) is 1.92. The Morgan fingerprint density at radius 1 is 1.21 bits per heavy atom. The summed E-state index contributed by atoms with van der Waals surface area (Å²) in [7, 11) is 0. The molecule has 3 aromatic rings. The number of amides is 1. The standard InChI is InChI=1S/C15H10F3N3O3/c1-8-6-12(21-24-8)20-13(22)11-7-23-14(19-11)9-2-4-10(5-3-9)15(16,17)18/h2-7H,1H3,(H,20,21,22). The predicted molar refractivity (Wildman–Crippen MR) is 76.1 cm³/mol. The van der Waals surface area contributed by atoms with E-state index in [0.29, 0.717) is 11.3 Å². The van der Waals surface area contributed by atoms with Gasteiger partial charge in [-0.1, -0.05) is 5.16 Å². The molecule has 0 bridgehead atoms. The van der Waals surface area contributed by atoms with Crippen LogP contribution in [0, 0.1) is 6.92 Å². The largest absolute Gasteiger partial charge is 0.444 e. The summed E-state index contributed by atoms with van der Waals surface area (Å²) in [6, 6.07) is 5.79. The lowest BCUT2D eigenvalue weighted by atomic mass is 10.1. The summed E-state index contributed by atoms with van der Waals surface area (Å²) < 4.78 is 47.6. The number of aryl methyl sites for hydroxylation is 1. The van der Waals surface area contributed by atoms with Crippen molar-refractivity contribution < 1.29 is 26.9 Å². The van der Waals surface area contributed by atoms with Gasteiger partial charge in [-0.2, -0.15) is 13.2 Å². The molecule has 0 aliphatic carbocycles. The number of alkyl halides is 3. The maximum absolute atomic E-state index is 12.5. The minimum absolute atomic E-state index is 0.0326. The molecule has 1 aromatic carbocycles. The van der Waals surface area contributed by atoms with Gasteiger partial charge in [0, 0.05) is 11.6 Å². The number of nitrogens with zero attached hydrogens (tertiary/aromatic N) is 2. The van der Waals surface area contributed by atoms with E-state index in [1.165, 1.54) is 18.2 Å². The fraction of sp³-hybridized carbons (Fsp3) is 0.133. The van der Waals surface area contributed by atoms with E-state index in [4.69, 9.17) is 8.94 Å². The van der Waals surface area contributed by atoms with Crippen LogP contribution in [0.1, 0.15) is 21.8 Å². The molecule has 1 amide bonds. The van der Waals surface area contributed by atoms with Gasteiger partial charge in [0.2, 0.25) is 5.89 Å². The summed E-state index contributed by atoms with van der Waals surface area (Å²) in [6.45, 7) is 1.67. The maximum Gasteiger partial charge on any atom is 0.416 e. The third-order valence-electron chi connectivity index (χ3n) is 3.07. The Hall–Kier alpha value is -3.10. The van der Waals surface area contributed by atoms with Gasteiger partial charge in [0.25, 0.3) is 5.91 Å². The number of hydrogen-bond donors (Lipinski definition) is 1. The van der Waals surface area contributed by atoms with Crippen molar-refractivity contribution in [2.75, 3.05) is 5.32 Å². The molecular formula is C15H10F3N3O3. The number of anilines is 1. The van der Waals surface area contributed by atoms with Gasteiger partial charge in [0.15, 0.2) is 11.5 Å². The summed E-state index contributed by atoms with van der Waals surface area (Å²) in [5.41, 5.74) is -0.498. The van der Waals surface area contributed by atoms with Gasteiger partial charge in [-0.15, -0.1) is 0 Å². The number of oxazole rings is 1. The molecule has 124 valence electrons. The number of halogens is 3. The Morgan fingerprint density at radius 3 is 2.50 bits per heavy atom. The van der Waals surface area contributed by atoms with Crippen LogP contribution >= 0.6 is 0 Å². The second-order valence-corrected chi connectivity index (χ2v) is 4.89. The van der Waals surface area contributed by atoms with E-state index in [1.807, 2.05) is 0 Å². The lowest BCUT2D eigenvalue weighted by Gasteiger charge is -2.05. The molecule has 3 rings (SSSR count). The van der Waals surface area contributed by atoms with Crippen molar-refractivity contribution in [3.8, 4) is 11.5 Å². The molecule has 24 heavy (non-hydrogen) atoms. The first-order valence-corrected chi connectivity index (χ1v) is 6.71. The third kappa shape index (κ3) is 3.29. The molecule has 0 saturated carbocycles. The summed E-state index contributed by atoms with van der Waals surface area (Å²) in [6.07, 6.45) is -3.31. The number of carbonyl (C=O) groups is 1. The summed E-state index contributed by atoms with van der Waals surface area (Å²) in [5, 5.41) is 6.06. The highest BCUT2D eigenvalue weighted by molar-refractivity contribution is 6.02. The SMILES string of the molecule is Cc1cc(NC(=O)c2coc(-c3ccc(C(F)(F)F)cc3)n2)no1. The monoisotopic (exact) mass is 337 g/mol. The topological polar surface area (TPSA) is 81.2 Å². The van der Waals surface area contributed by atoms with Crippen molar-refractivity contribution in [1.82, 2.24) is 10.1 Å². The van der Waals surface area contributed by atoms with Gasteiger partial charge >= 0.3 is 6.18 Å². The average molecular weight is 337 g/mol. The minimum atomic E-state index is -4.42. The zero-order valence-electron chi connectivity index (χ0n) is 12.2. The average Bonchev–Trinajstić information content (AvgIpc) is 3.16. The van der Waals surface area contributed by atoms with Crippen LogP contribution in [0.2, 0.25) is 0 Å². The summed E-state index contributed by atoms with van der Waals surface area (Å²) in [5.74, 6) is 0.197. The number of rotatable bonds is 3. The van der Waals surface area contributed by atoms with Gasteiger partial charge in [0.05, 0.1) is 5.56 Å². The van der Waals surface area contributed by atoms with Crippen LogP contribution in [0.25, 0.3) is 11.5 Å². The van der Waals surface area contributed by atoms with Crippen LogP contribution in [-0.4, -0.2) is 16.0 Å². The van der Waals surface area contributed by atoms with E-state index >= 15 is 0 Å². The van der Waals surface area contributed by atoms with E-state index in [0.717, 1.165) is 18.4 Å². The van der Waals surface area contributed by atoms with E-state index in [-0.39, 0.29) is 17.4 Å². The van der Waals surface area contributed by atoms with Crippen molar-refractivity contribution in [2.24, 2.45) is 0 Å². The van der Waals surface area contributed by atoms with Crippen molar-refractivity contribution >= 4 is 11.7 Å². The van der Waals surface area contributed by atoms with E-state index < -0.39 is 17.6 Å². The summed E-state index contributed by atoms with van der Waals surface area (Å²) >= 11 is 0. The molecule has 0 atom stereocenters. The highest BCUT2D eigenvalue weighted by Gasteiger charge is 2.30. The number of aromatic nitrogens is 2. The molecular weight excluding hydrogens is 327 g/mol. The molecule has 0 radical (unpaired) electrons. The molecule has 0 aliphatic rings. The smallest absolute Gasteiger partial charge is 0.416 e. The van der Waals surface area contributed by atoms with Crippen LogP contribution in [0.4, 0.5) is 19.0 Å². The van der Waals surface area contributed by atoms with Crippen molar-refractivity contribution in [3.05, 3.63) is 53.6 Å². The van der Waals surface area contributed by atoms with Crippen LogP contribution in [0.5, 0.6) is 0 Å². The van der Waals surface area contributed by atoms with Gasteiger partial charge in [-0.3, -0.25) is 4.79 Å².